The van der Waals surface area contributed by atoms with Crippen molar-refractivity contribution in [2.24, 2.45) is 5.41 Å². The van der Waals surface area contributed by atoms with E-state index in [-0.39, 0.29) is 43.6 Å². The average Bonchev–Trinajstić information content (AvgIpc) is 4.03. The molecule has 2 saturated heterocycles. The van der Waals surface area contributed by atoms with Crippen LogP contribution in [0.3, 0.4) is 0 Å². The number of carbonyl (C=O) groups excluding carboxylic acids is 2. The first kappa shape index (κ1) is 45.6. The third kappa shape index (κ3) is 11.9. The summed E-state index contributed by atoms with van der Waals surface area (Å²) in [4.78, 5) is 61.4. The van der Waals surface area contributed by atoms with Crippen molar-refractivity contribution in [1.29, 1.82) is 0 Å². The number of aryl methyl sites for hydroxylation is 1. The monoisotopic (exact) mass is 886 g/mol. The minimum atomic E-state index is -1.38. The fraction of sp³-hybridized carbons (Fsp3) is 0.538. The minimum absolute atomic E-state index is 0.00232. The molecule has 22 nitrogen and oxygen atoms in total. The summed E-state index contributed by atoms with van der Waals surface area (Å²) in [5.41, 5.74) is 2.92. The number of carbonyl (C=O) groups is 2. The summed E-state index contributed by atoms with van der Waals surface area (Å²) in [7, 11) is 0. The Morgan fingerprint density at radius 1 is 1.02 bits per heavy atom. The molecule has 23 heteroatoms. The molecule has 0 bridgehead atoms. The molecule has 62 heavy (non-hydrogen) atoms. The second-order valence-corrected chi connectivity index (χ2v) is 15.8. The summed E-state index contributed by atoms with van der Waals surface area (Å²) in [6.45, 7) is 6.99. The lowest BCUT2D eigenvalue weighted by Crippen LogP contribution is -2.36. The van der Waals surface area contributed by atoms with Gasteiger partial charge in [-0.3, -0.25) is 0 Å². The molecule has 0 amide bonds. The number of esters is 1. The Kier molecular flexibility index (Phi) is 15.2. The maximum atomic E-state index is 13.6. The fourth-order valence-electron chi connectivity index (χ4n) is 7.32. The standard InChI is InChI=1S/C39H47ClN8O14/c1-5-6-11-31-41-35(40)32(46(31)19-24-12-14-25(15-13-24)27-9-7-8-10-28(27)36-42-44-45-43-36)37(49)59-23(2)60-38(50)61-30-22-57-33-29(21-56-34(30)33)55-17-16-39(3,4)18-26(62-48(53)54)20-58-47(51)52/h7-10,12-15,23,26,29-30,33-34H,5-6,11,16-22H2,1-4H3,(H,42,43,44,45)/t23?,26-,29+,30-,33?,34?/m0/s1. The molecule has 2 aromatic heterocycles. The lowest BCUT2D eigenvalue weighted by molar-refractivity contribution is -0.790. The van der Waals surface area contributed by atoms with Crippen molar-refractivity contribution in [3.63, 3.8) is 0 Å². The number of hydrogen-bond donors (Lipinski definition) is 1. The molecule has 6 atom stereocenters. The number of H-pyrrole nitrogens is 1. The van der Waals surface area contributed by atoms with Gasteiger partial charge < -0.3 is 42.7 Å². The molecule has 4 heterocycles. The summed E-state index contributed by atoms with van der Waals surface area (Å²) in [6.07, 6.45) is -3.54. The number of benzene rings is 2. The molecule has 2 fully saturated rings. The number of nitrogens with zero attached hydrogens (tertiary/aromatic N) is 7. The minimum Gasteiger partial charge on any atom is -0.426 e. The van der Waals surface area contributed by atoms with Crippen molar-refractivity contribution in [2.75, 3.05) is 26.4 Å². The van der Waals surface area contributed by atoms with Gasteiger partial charge in [0.25, 0.3) is 10.2 Å². The van der Waals surface area contributed by atoms with Crippen LogP contribution >= 0.6 is 11.6 Å². The summed E-state index contributed by atoms with van der Waals surface area (Å²) in [5.74, 6) is 0.211. The third-order valence-electron chi connectivity index (χ3n) is 10.3. The van der Waals surface area contributed by atoms with Crippen LogP contribution in [0.1, 0.15) is 75.3 Å². The molecule has 3 unspecified atom stereocenters. The van der Waals surface area contributed by atoms with Gasteiger partial charge in [-0.05, 0) is 46.6 Å². The van der Waals surface area contributed by atoms with Crippen molar-refractivity contribution in [3.05, 3.63) is 91.0 Å². The highest BCUT2D eigenvalue weighted by Crippen LogP contribution is 2.34. The van der Waals surface area contributed by atoms with Gasteiger partial charge in [0, 0.05) is 32.1 Å². The van der Waals surface area contributed by atoms with Gasteiger partial charge in [0.15, 0.2) is 17.0 Å². The molecule has 2 aliphatic heterocycles. The van der Waals surface area contributed by atoms with Crippen LogP contribution in [-0.2, 0) is 51.1 Å². The Hall–Kier alpha value is -5.97. The molecule has 4 aromatic rings. The highest BCUT2D eigenvalue weighted by Gasteiger charge is 2.50. The topological polar surface area (TPSA) is 267 Å². The van der Waals surface area contributed by atoms with E-state index in [0.29, 0.717) is 24.5 Å². The first-order valence-electron chi connectivity index (χ1n) is 19.9. The summed E-state index contributed by atoms with van der Waals surface area (Å²) < 4.78 is 35.8. The number of aromatic nitrogens is 6. The number of ether oxygens (including phenoxy) is 6. The van der Waals surface area contributed by atoms with E-state index in [0.717, 1.165) is 35.1 Å². The number of imidazole rings is 1. The highest BCUT2D eigenvalue weighted by atomic mass is 35.5. The zero-order valence-corrected chi connectivity index (χ0v) is 35.1. The SMILES string of the molecule is CCCCc1nc(Cl)c(C(=O)OC(C)OC(=O)O[C@H]2COC3C2OC[C@H]3OCCC(C)(C)C[C@@H](CO[N+](=O)[O-])O[N+](=O)[O-])n1Cc1ccc(-c2ccccc2-c2nn[nH]n2)cc1. The molecule has 2 aromatic carbocycles. The zero-order valence-electron chi connectivity index (χ0n) is 34.4. The number of aromatic amines is 1. The maximum Gasteiger partial charge on any atom is 0.511 e. The third-order valence-corrected chi connectivity index (χ3v) is 10.6. The summed E-state index contributed by atoms with van der Waals surface area (Å²) in [6, 6.07) is 15.5. The van der Waals surface area contributed by atoms with Gasteiger partial charge >= 0.3 is 12.1 Å². The number of rotatable bonds is 22. The number of nitrogens with one attached hydrogen (secondary N) is 1. The molecule has 6 rings (SSSR count). The Labute approximate surface area is 359 Å². The maximum absolute atomic E-state index is 13.6. The van der Waals surface area contributed by atoms with Crippen molar-refractivity contribution in [3.8, 4) is 22.5 Å². The predicted molar refractivity (Wildman–Crippen MR) is 213 cm³/mol. The van der Waals surface area contributed by atoms with E-state index in [1.807, 2.05) is 69.3 Å². The molecule has 0 saturated carbocycles. The first-order chi connectivity index (χ1) is 29.7. The van der Waals surface area contributed by atoms with Gasteiger partial charge in [-0.2, -0.15) is 5.21 Å². The highest BCUT2D eigenvalue weighted by molar-refractivity contribution is 6.32. The lowest BCUT2D eigenvalue weighted by Gasteiger charge is -2.29. The summed E-state index contributed by atoms with van der Waals surface area (Å²) in [5, 5.41) is 33.8. The van der Waals surface area contributed by atoms with Crippen molar-refractivity contribution >= 4 is 23.7 Å². The molecule has 0 radical (unpaired) electrons. The predicted octanol–water partition coefficient (Wildman–Crippen LogP) is 5.57. The van der Waals surface area contributed by atoms with Crippen LogP contribution in [-0.4, -0.2) is 116 Å². The zero-order chi connectivity index (χ0) is 44.4. The van der Waals surface area contributed by atoms with E-state index in [2.05, 4.69) is 35.3 Å². The van der Waals surface area contributed by atoms with Crippen LogP contribution in [0.25, 0.3) is 22.5 Å². The van der Waals surface area contributed by atoms with E-state index >= 15 is 0 Å². The van der Waals surface area contributed by atoms with Crippen LogP contribution in [0.2, 0.25) is 5.15 Å². The lowest BCUT2D eigenvalue weighted by atomic mass is 9.84. The molecular weight excluding hydrogens is 840 g/mol. The molecule has 1 N–H and O–H groups in total. The van der Waals surface area contributed by atoms with Crippen LogP contribution in [0.15, 0.2) is 48.5 Å². The van der Waals surface area contributed by atoms with Crippen molar-refractivity contribution in [2.45, 2.75) is 103 Å². The Morgan fingerprint density at radius 3 is 2.40 bits per heavy atom. The molecule has 0 aliphatic carbocycles. The smallest absolute Gasteiger partial charge is 0.426 e. The van der Waals surface area contributed by atoms with E-state index in [4.69, 9.17) is 40.0 Å². The van der Waals surface area contributed by atoms with Crippen LogP contribution < -0.4 is 0 Å². The number of halogens is 1. The van der Waals surface area contributed by atoms with Gasteiger partial charge in [-0.1, -0.05) is 87.3 Å². The van der Waals surface area contributed by atoms with E-state index in [9.17, 15) is 29.8 Å². The normalized spacial score (nSPS) is 19.3. The number of hydrogen-bond acceptors (Lipinski definition) is 18. The van der Waals surface area contributed by atoms with E-state index < -0.39 is 71.1 Å². The van der Waals surface area contributed by atoms with Crippen LogP contribution in [0.5, 0.6) is 0 Å². The molecule has 2 aliphatic rings. The van der Waals surface area contributed by atoms with Crippen LogP contribution in [0.4, 0.5) is 4.79 Å². The second-order valence-electron chi connectivity index (χ2n) is 15.4. The Bertz CT molecular complexity index is 2150. The molecule has 0 spiro atoms. The average molecular weight is 887 g/mol. The van der Waals surface area contributed by atoms with E-state index in [1.165, 1.54) is 6.92 Å². The fourth-order valence-corrected chi connectivity index (χ4v) is 7.60. The summed E-state index contributed by atoms with van der Waals surface area (Å²) >= 11 is 6.56. The first-order valence-corrected chi connectivity index (χ1v) is 20.3. The largest absolute Gasteiger partial charge is 0.511 e. The van der Waals surface area contributed by atoms with Gasteiger partial charge in [0.2, 0.25) is 12.1 Å². The number of fused-ring (bicyclic) bond motifs is 1. The van der Waals surface area contributed by atoms with Crippen molar-refractivity contribution < 1.29 is 57.9 Å². The second kappa shape index (κ2) is 20.7. The number of unbranched alkanes of at least 4 members (excludes halogenated alkanes) is 1. The van der Waals surface area contributed by atoms with E-state index in [1.54, 1.807) is 4.57 Å². The van der Waals surface area contributed by atoms with Crippen molar-refractivity contribution in [1.82, 2.24) is 30.2 Å². The van der Waals surface area contributed by atoms with Gasteiger partial charge in [0.05, 0.1) is 13.2 Å². The molecular formula is C39H47ClN8O14. The number of tetrazole rings is 1. The Morgan fingerprint density at radius 2 is 1.73 bits per heavy atom. The van der Waals surface area contributed by atoms with Gasteiger partial charge in [0.1, 0.15) is 36.8 Å². The Balaban J connectivity index is 1.01. The van der Waals surface area contributed by atoms with Crippen LogP contribution in [0, 0.1) is 25.6 Å². The quantitative estimate of drug-likeness (QED) is 0.0437. The molecule has 334 valence electrons. The van der Waals surface area contributed by atoms with Gasteiger partial charge in [-0.25, -0.2) is 14.6 Å². The van der Waals surface area contributed by atoms with Gasteiger partial charge in [-0.15, -0.1) is 30.4 Å².